The normalized spacial score (nSPS) is 12.5. The Balaban J connectivity index is 3.45. The van der Waals surface area contributed by atoms with Gasteiger partial charge < -0.3 is 14.6 Å². The number of aliphatic hydroxyl groups is 1. The molecule has 0 rings (SSSR count). The van der Waals surface area contributed by atoms with Gasteiger partial charge >= 0.3 is 11.9 Å². The lowest BCUT2D eigenvalue weighted by Crippen LogP contribution is -2.25. The molecule has 0 aliphatic rings. The molecule has 0 fully saturated rings. The van der Waals surface area contributed by atoms with Crippen LogP contribution in [-0.2, 0) is 19.1 Å². The molecular weight excluding hydrogens is 548 g/mol. The first-order valence-electron chi connectivity index (χ1n) is 18.5. The molecular formula is C39H70O5. The lowest BCUT2D eigenvalue weighted by Gasteiger charge is -2.12. The minimum absolute atomic E-state index is 0.119. The summed E-state index contributed by atoms with van der Waals surface area (Å²) in [4.78, 5) is 23.9. The molecule has 0 aromatic heterocycles. The Morgan fingerprint density at radius 1 is 0.500 bits per heavy atom. The highest BCUT2D eigenvalue weighted by atomic mass is 16.6. The molecule has 0 unspecified atom stereocenters. The quantitative estimate of drug-likeness (QED) is 0.0450. The van der Waals surface area contributed by atoms with E-state index in [9.17, 15) is 14.7 Å². The van der Waals surface area contributed by atoms with Crippen LogP contribution in [0, 0.1) is 0 Å². The molecule has 0 heterocycles. The number of rotatable bonds is 33. The Labute approximate surface area is 272 Å². The molecule has 0 saturated carbocycles. The van der Waals surface area contributed by atoms with Gasteiger partial charge in [-0.15, -0.1) is 0 Å². The molecule has 44 heavy (non-hydrogen) atoms. The molecule has 0 aliphatic carbocycles. The van der Waals surface area contributed by atoms with Crippen molar-refractivity contribution in [2.24, 2.45) is 0 Å². The fourth-order valence-electron chi connectivity index (χ4n) is 5.10. The first kappa shape index (κ1) is 42.1. The van der Waals surface area contributed by atoms with Gasteiger partial charge in [-0.1, -0.05) is 159 Å². The highest BCUT2D eigenvalue weighted by molar-refractivity contribution is 5.69. The van der Waals surface area contributed by atoms with Crippen molar-refractivity contribution in [3.63, 3.8) is 0 Å². The van der Waals surface area contributed by atoms with Crippen LogP contribution in [0.3, 0.4) is 0 Å². The van der Waals surface area contributed by atoms with E-state index in [1.165, 1.54) is 89.9 Å². The van der Waals surface area contributed by atoms with Crippen LogP contribution in [-0.4, -0.2) is 36.4 Å². The van der Waals surface area contributed by atoms with Crippen molar-refractivity contribution < 1.29 is 24.2 Å². The van der Waals surface area contributed by atoms with E-state index in [2.05, 4.69) is 50.3 Å². The second-order valence-corrected chi connectivity index (χ2v) is 12.3. The summed E-state index contributed by atoms with van der Waals surface area (Å²) in [5.74, 6) is -0.581. The number of allylic oxidation sites excluding steroid dienone is 6. The lowest BCUT2D eigenvalue weighted by molar-refractivity contribution is -0.152. The molecule has 0 bridgehead atoms. The van der Waals surface area contributed by atoms with Gasteiger partial charge in [0, 0.05) is 12.8 Å². The maximum absolute atomic E-state index is 11.9. The summed E-state index contributed by atoms with van der Waals surface area (Å²) in [7, 11) is 0. The number of carbonyl (C=O) groups is 2. The average molecular weight is 619 g/mol. The van der Waals surface area contributed by atoms with Crippen LogP contribution < -0.4 is 0 Å². The van der Waals surface area contributed by atoms with Gasteiger partial charge in [-0.05, 0) is 44.9 Å². The van der Waals surface area contributed by atoms with E-state index in [0.29, 0.717) is 12.8 Å². The predicted octanol–water partition coefficient (Wildman–Crippen LogP) is 11.3. The highest BCUT2D eigenvalue weighted by Crippen LogP contribution is 2.14. The molecule has 0 saturated heterocycles. The fraction of sp³-hybridized carbons (Fsp3) is 0.795. The summed E-state index contributed by atoms with van der Waals surface area (Å²) in [6.07, 6.45) is 41.9. The smallest absolute Gasteiger partial charge is 0.305 e. The van der Waals surface area contributed by atoms with Gasteiger partial charge in [0.1, 0.15) is 19.3 Å². The Morgan fingerprint density at radius 2 is 0.864 bits per heavy atom. The van der Waals surface area contributed by atoms with Crippen molar-refractivity contribution in [1.82, 2.24) is 0 Å². The van der Waals surface area contributed by atoms with Crippen LogP contribution in [0.4, 0.5) is 0 Å². The first-order chi connectivity index (χ1) is 21.6. The molecule has 0 radical (unpaired) electrons. The third kappa shape index (κ3) is 34.6. The van der Waals surface area contributed by atoms with Gasteiger partial charge in [-0.2, -0.15) is 0 Å². The molecule has 256 valence electrons. The maximum Gasteiger partial charge on any atom is 0.305 e. The van der Waals surface area contributed by atoms with Gasteiger partial charge in [0.25, 0.3) is 0 Å². The van der Waals surface area contributed by atoms with Crippen molar-refractivity contribution in [2.75, 3.05) is 13.2 Å². The third-order valence-corrected chi connectivity index (χ3v) is 7.89. The Bertz CT molecular complexity index is 711. The topological polar surface area (TPSA) is 72.8 Å². The number of hydrogen-bond acceptors (Lipinski definition) is 5. The molecule has 0 aromatic rings. The number of unbranched alkanes of at least 4 members (excludes halogenated alkanes) is 19. The van der Waals surface area contributed by atoms with E-state index in [1.807, 2.05) is 0 Å². The second-order valence-electron chi connectivity index (χ2n) is 12.3. The average Bonchev–Trinajstić information content (AvgIpc) is 3.02. The molecule has 1 atom stereocenters. The van der Waals surface area contributed by atoms with E-state index in [4.69, 9.17) is 9.47 Å². The summed E-state index contributed by atoms with van der Waals surface area (Å²) < 4.78 is 10.3. The summed E-state index contributed by atoms with van der Waals surface area (Å²) >= 11 is 0. The lowest BCUT2D eigenvalue weighted by atomic mass is 10.0. The van der Waals surface area contributed by atoms with E-state index < -0.39 is 6.10 Å². The predicted molar refractivity (Wildman–Crippen MR) is 187 cm³/mol. The summed E-state index contributed by atoms with van der Waals surface area (Å²) in [5, 5.41) is 9.99. The van der Waals surface area contributed by atoms with E-state index in [0.717, 1.165) is 64.2 Å². The second kappa shape index (κ2) is 35.6. The summed E-state index contributed by atoms with van der Waals surface area (Å²) in [6.45, 7) is 4.17. The van der Waals surface area contributed by atoms with Crippen molar-refractivity contribution in [1.29, 1.82) is 0 Å². The third-order valence-electron chi connectivity index (χ3n) is 7.89. The molecule has 0 amide bonds. The van der Waals surface area contributed by atoms with Gasteiger partial charge in [-0.3, -0.25) is 9.59 Å². The van der Waals surface area contributed by atoms with Gasteiger partial charge in [-0.25, -0.2) is 0 Å². The largest absolute Gasteiger partial charge is 0.463 e. The Morgan fingerprint density at radius 3 is 1.30 bits per heavy atom. The molecule has 5 heteroatoms. The minimum Gasteiger partial charge on any atom is -0.463 e. The van der Waals surface area contributed by atoms with Crippen LogP contribution in [0.1, 0.15) is 181 Å². The van der Waals surface area contributed by atoms with Crippen molar-refractivity contribution in [2.45, 2.75) is 187 Å². The van der Waals surface area contributed by atoms with E-state index in [-0.39, 0.29) is 25.2 Å². The molecule has 5 nitrogen and oxygen atoms in total. The number of ether oxygens (including phenoxy) is 2. The SMILES string of the molecule is CC/C=C\C/C=C\C/C=C\CCCCCCCC(=O)OC[C@H](O)COC(=O)CCCCCCCCCCCCCCCCC. The number of aliphatic hydroxyl groups excluding tert-OH is 1. The maximum atomic E-state index is 11.9. The zero-order valence-electron chi connectivity index (χ0n) is 28.9. The molecule has 0 spiro atoms. The van der Waals surface area contributed by atoms with Crippen LogP contribution in [0.25, 0.3) is 0 Å². The van der Waals surface area contributed by atoms with Crippen LogP contribution in [0.15, 0.2) is 36.5 Å². The standard InChI is InChI=1S/C39H70O5/c1-3-5-7-9-11-13-15-17-19-21-23-25-27-29-31-33-38(41)43-35-37(40)36-44-39(42)34-32-30-28-26-24-22-20-18-16-14-12-10-8-6-4-2/h5,7,11,13,17,19,37,40H,3-4,6,8-10,12,14-16,18,20-36H2,1-2H3/b7-5-,13-11-,19-17-/t37-/m0/s1. The highest BCUT2D eigenvalue weighted by Gasteiger charge is 2.12. The van der Waals surface area contributed by atoms with Gasteiger partial charge in [0.2, 0.25) is 0 Å². The van der Waals surface area contributed by atoms with Crippen molar-refractivity contribution >= 4 is 11.9 Å². The molecule has 0 aromatic carbocycles. The first-order valence-corrected chi connectivity index (χ1v) is 18.5. The fourth-order valence-corrected chi connectivity index (χ4v) is 5.10. The summed E-state index contributed by atoms with van der Waals surface area (Å²) in [5.41, 5.74) is 0. The monoisotopic (exact) mass is 619 g/mol. The Kier molecular flexibility index (Phi) is 34.1. The minimum atomic E-state index is -0.967. The van der Waals surface area contributed by atoms with E-state index >= 15 is 0 Å². The van der Waals surface area contributed by atoms with E-state index in [1.54, 1.807) is 0 Å². The zero-order chi connectivity index (χ0) is 32.2. The van der Waals surface area contributed by atoms with Crippen molar-refractivity contribution in [3.8, 4) is 0 Å². The van der Waals surface area contributed by atoms with Gasteiger partial charge in [0.05, 0.1) is 0 Å². The number of esters is 2. The molecule has 0 aliphatic heterocycles. The molecule has 1 N–H and O–H groups in total. The number of carbonyl (C=O) groups excluding carboxylic acids is 2. The van der Waals surface area contributed by atoms with Crippen LogP contribution in [0.2, 0.25) is 0 Å². The van der Waals surface area contributed by atoms with Crippen molar-refractivity contribution in [3.05, 3.63) is 36.5 Å². The Hall–Kier alpha value is -1.88. The number of hydrogen-bond donors (Lipinski definition) is 1. The summed E-state index contributed by atoms with van der Waals surface area (Å²) in [6, 6.07) is 0. The van der Waals surface area contributed by atoms with Crippen LogP contribution in [0.5, 0.6) is 0 Å². The van der Waals surface area contributed by atoms with Gasteiger partial charge in [0.15, 0.2) is 0 Å². The zero-order valence-corrected chi connectivity index (χ0v) is 28.9. The van der Waals surface area contributed by atoms with Crippen LogP contribution >= 0.6 is 0 Å².